The fraction of sp³-hybridized carbons (Fsp3) is 0.682. The smallest absolute Gasteiger partial charge is 0.225 e. The summed E-state index contributed by atoms with van der Waals surface area (Å²) in [6.45, 7) is 9.33. The fourth-order valence-corrected chi connectivity index (χ4v) is 3.23. The van der Waals surface area contributed by atoms with Crippen LogP contribution in [0.15, 0.2) is 30.3 Å². The number of carbonyl (C=O) groups excluding carboxylic acids is 1. The number of ether oxygens (including phenoxy) is 1. The summed E-state index contributed by atoms with van der Waals surface area (Å²) < 4.78 is 4.78. The van der Waals surface area contributed by atoms with Crippen molar-refractivity contribution in [3.05, 3.63) is 35.9 Å². The quantitative estimate of drug-likeness (QED) is 0.723. The molecule has 0 atom stereocenters. The van der Waals surface area contributed by atoms with Gasteiger partial charge < -0.3 is 15.2 Å². The third-order valence-electron chi connectivity index (χ3n) is 5.17. The molecule has 1 aromatic carbocycles. The molecular weight excluding hydrogens is 326 g/mol. The minimum Gasteiger partial charge on any atom is -0.371 e. The Labute approximate surface area is 159 Å². The Morgan fingerprint density at radius 2 is 1.77 bits per heavy atom. The summed E-state index contributed by atoms with van der Waals surface area (Å²) in [7, 11) is 0. The molecule has 0 unspecified atom stereocenters. The van der Waals surface area contributed by atoms with E-state index in [1.807, 2.05) is 51.1 Å². The van der Waals surface area contributed by atoms with Crippen LogP contribution in [0.1, 0.15) is 71.8 Å². The Morgan fingerprint density at radius 3 is 2.27 bits per heavy atom. The summed E-state index contributed by atoms with van der Waals surface area (Å²) in [6.07, 6.45) is 7.80. The largest absolute Gasteiger partial charge is 0.371 e. The van der Waals surface area contributed by atoms with Gasteiger partial charge in [0.15, 0.2) is 0 Å². The third kappa shape index (κ3) is 8.33. The molecule has 0 radical (unpaired) electrons. The zero-order chi connectivity index (χ0) is 19.5. The van der Waals surface area contributed by atoms with Gasteiger partial charge in [-0.25, -0.2) is 0 Å². The van der Waals surface area contributed by atoms with E-state index in [-0.39, 0.29) is 18.1 Å². The van der Waals surface area contributed by atoms with Crippen molar-refractivity contribution in [2.75, 3.05) is 13.3 Å². The summed E-state index contributed by atoms with van der Waals surface area (Å²) in [5.41, 5.74) is 1.21. The van der Waals surface area contributed by atoms with Crippen molar-refractivity contribution in [2.24, 2.45) is 10.8 Å². The van der Waals surface area contributed by atoms with Crippen molar-refractivity contribution >= 4 is 5.91 Å². The van der Waals surface area contributed by atoms with Gasteiger partial charge in [-0.3, -0.25) is 4.79 Å². The summed E-state index contributed by atoms with van der Waals surface area (Å²) in [6, 6.07) is 9.74. The number of hydrogen-bond donors (Lipinski definition) is 2. The van der Waals surface area contributed by atoms with E-state index in [2.05, 4.69) is 12.2 Å². The molecule has 0 aliphatic heterocycles. The van der Waals surface area contributed by atoms with Crippen molar-refractivity contribution in [1.82, 2.24) is 5.32 Å². The first-order valence-corrected chi connectivity index (χ1v) is 9.84. The van der Waals surface area contributed by atoms with Gasteiger partial charge in [0.25, 0.3) is 0 Å². The summed E-state index contributed by atoms with van der Waals surface area (Å²) in [5.74, 6) is 0.186. The standard InChI is InChI=1S/C14H27NO.C8H10O2/c1-5-14(9-7-6-8-10-14)11-15-12(16)13(2,3)4;9-7-10-6-8-4-2-1-3-5-8/h5-11H2,1-4H3,(H,15,16);1-5,9H,6-7H2. The second-order valence-electron chi connectivity index (χ2n) is 8.31. The lowest BCUT2D eigenvalue weighted by Crippen LogP contribution is -2.43. The number of amides is 1. The van der Waals surface area contributed by atoms with Crippen LogP contribution in [0, 0.1) is 10.8 Å². The van der Waals surface area contributed by atoms with E-state index in [1.54, 1.807) is 0 Å². The Bertz CT molecular complexity index is 502. The van der Waals surface area contributed by atoms with Gasteiger partial charge in [0.1, 0.15) is 6.79 Å². The molecule has 1 saturated carbocycles. The van der Waals surface area contributed by atoms with Crippen LogP contribution in [-0.2, 0) is 16.1 Å². The van der Waals surface area contributed by atoms with Crippen LogP contribution in [0.4, 0.5) is 0 Å². The number of nitrogens with one attached hydrogen (secondary N) is 1. The molecule has 0 spiro atoms. The first kappa shape index (κ1) is 22.7. The number of carbonyl (C=O) groups is 1. The third-order valence-corrected chi connectivity index (χ3v) is 5.17. The predicted octanol–water partition coefficient (Wildman–Crippen LogP) is 4.66. The van der Waals surface area contributed by atoms with Gasteiger partial charge in [0, 0.05) is 12.0 Å². The number of aliphatic hydroxyl groups excluding tert-OH is 1. The molecule has 26 heavy (non-hydrogen) atoms. The number of rotatable bonds is 6. The van der Waals surface area contributed by atoms with E-state index >= 15 is 0 Å². The van der Waals surface area contributed by atoms with Gasteiger partial charge in [0.2, 0.25) is 5.91 Å². The van der Waals surface area contributed by atoms with E-state index in [0.717, 1.165) is 12.1 Å². The lowest BCUT2D eigenvalue weighted by Gasteiger charge is -2.37. The topological polar surface area (TPSA) is 58.6 Å². The number of hydrogen-bond acceptors (Lipinski definition) is 3. The van der Waals surface area contributed by atoms with Crippen molar-refractivity contribution < 1.29 is 14.6 Å². The highest BCUT2D eigenvalue weighted by molar-refractivity contribution is 5.81. The van der Waals surface area contributed by atoms with Gasteiger partial charge in [0.05, 0.1) is 6.61 Å². The van der Waals surface area contributed by atoms with E-state index in [0.29, 0.717) is 12.0 Å². The average Bonchev–Trinajstić information content (AvgIpc) is 2.66. The molecule has 1 aliphatic carbocycles. The van der Waals surface area contributed by atoms with Crippen LogP contribution >= 0.6 is 0 Å². The van der Waals surface area contributed by atoms with E-state index in [4.69, 9.17) is 9.84 Å². The highest BCUT2D eigenvalue weighted by atomic mass is 16.6. The Kier molecular flexibility index (Phi) is 9.89. The summed E-state index contributed by atoms with van der Waals surface area (Å²) in [4.78, 5) is 11.9. The molecule has 1 aliphatic rings. The molecular formula is C22H37NO3. The second-order valence-corrected chi connectivity index (χ2v) is 8.31. The van der Waals surface area contributed by atoms with Crippen molar-refractivity contribution in [2.45, 2.75) is 72.8 Å². The zero-order valence-corrected chi connectivity index (χ0v) is 17.0. The SMILES string of the molecule is CCC1(CNC(=O)C(C)(C)C)CCCCC1.OCOCc1ccccc1. The van der Waals surface area contributed by atoms with Gasteiger partial charge >= 0.3 is 0 Å². The van der Waals surface area contributed by atoms with Crippen molar-refractivity contribution in [3.8, 4) is 0 Å². The molecule has 2 rings (SSSR count). The van der Waals surface area contributed by atoms with E-state index < -0.39 is 0 Å². The summed E-state index contributed by atoms with van der Waals surface area (Å²) in [5, 5.41) is 11.5. The van der Waals surface area contributed by atoms with E-state index in [9.17, 15) is 4.79 Å². The van der Waals surface area contributed by atoms with Crippen LogP contribution in [0.25, 0.3) is 0 Å². The minimum absolute atomic E-state index is 0.186. The molecule has 1 amide bonds. The van der Waals surface area contributed by atoms with Gasteiger partial charge in [-0.05, 0) is 30.2 Å². The highest BCUT2D eigenvalue weighted by Crippen LogP contribution is 2.38. The van der Waals surface area contributed by atoms with Gasteiger partial charge in [-0.1, -0.05) is 77.3 Å². The lowest BCUT2D eigenvalue weighted by atomic mass is 9.72. The second kappa shape index (κ2) is 11.3. The number of aliphatic hydroxyl groups is 1. The molecule has 0 heterocycles. The molecule has 4 heteroatoms. The fourth-order valence-electron chi connectivity index (χ4n) is 3.23. The summed E-state index contributed by atoms with van der Waals surface area (Å²) >= 11 is 0. The van der Waals surface area contributed by atoms with Crippen LogP contribution in [0.5, 0.6) is 0 Å². The Morgan fingerprint density at radius 1 is 1.15 bits per heavy atom. The molecule has 148 valence electrons. The maximum absolute atomic E-state index is 11.9. The monoisotopic (exact) mass is 363 g/mol. The Hall–Kier alpha value is -1.39. The van der Waals surface area contributed by atoms with Crippen LogP contribution in [-0.4, -0.2) is 24.4 Å². The maximum atomic E-state index is 11.9. The van der Waals surface area contributed by atoms with Crippen LogP contribution in [0.3, 0.4) is 0 Å². The lowest BCUT2D eigenvalue weighted by molar-refractivity contribution is -0.129. The molecule has 0 saturated heterocycles. The molecule has 2 N–H and O–H groups in total. The predicted molar refractivity (Wildman–Crippen MR) is 107 cm³/mol. The highest BCUT2D eigenvalue weighted by Gasteiger charge is 2.31. The first-order valence-electron chi connectivity index (χ1n) is 9.84. The van der Waals surface area contributed by atoms with Crippen LogP contribution < -0.4 is 5.32 Å². The molecule has 1 aromatic rings. The molecule has 1 fully saturated rings. The van der Waals surface area contributed by atoms with Gasteiger partial charge in [-0.2, -0.15) is 0 Å². The molecule has 4 nitrogen and oxygen atoms in total. The number of benzene rings is 1. The zero-order valence-electron chi connectivity index (χ0n) is 17.0. The normalized spacial score (nSPS) is 16.3. The van der Waals surface area contributed by atoms with Gasteiger partial charge in [-0.15, -0.1) is 0 Å². The van der Waals surface area contributed by atoms with Crippen molar-refractivity contribution in [1.29, 1.82) is 0 Å². The maximum Gasteiger partial charge on any atom is 0.225 e. The molecule has 0 aromatic heterocycles. The van der Waals surface area contributed by atoms with Crippen LogP contribution in [0.2, 0.25) is 0 Å². The molecule has 0 bridgehead atoms. The average molecular weight is 364 g/mol. The minimum atomic E-state index is -0.260. The first-order chi connectivity index (χ1) is 12.3. The van der Waals surface area contributed by atoms with E-state index in [1.165, 1.54) is 38.5 Å². The van der Waals surface area contributed by atoms with Crippen molar-refractivity contribution in [3.63, 3.8) is 0 Å². The Balaban J connectivity index is 0.000000289.